The second-order valence-electron chi connectivity index (χ2n) is 5.82. The molecular formula is C15H24ClN3O. The summed E-state index contributed by atoms with van der Waals surface area (Å²) in [5.74, 6) is 2.03. The van der Waals surface area contributed by atoms with Crippen LogP contribution in [0.1, 0.15) is 45.1 Å². The van der Waals surface area contributed by atoms with Crippen LogP contribution in [-0.2, 0) is 4.74 Å². The van der Waals surface area contributed by atoms with E-state index in [4.69, 9.17) is 16.3 Å². The van der Waals surface area contributed by atoms with Crippen LogP contribution in [0.3, 0.4) is 0 Å². The van der Waals surface area contributed by atoms with Crippen molar-refractivity contribution < 1.29 is 4.74 Å². The van der Waals surface area contributed by atoms with Gasteiger partial charge in [-0.1, -0.05) is 25.4 Å². The molecule has 0 amide bonds. The minimum Gasteiger partial charge on any atom is -0.383 e. The van der Waals surface area contributed by atoms with Gasteiger partial charge in [-0.2, -0.15) is 0 Å². The summed E-state index contributed by atoms with van der Waals surface area (Å²) in [6, 6.07) is 0.466. The van der Waals surface area contributed by atoms with E-state index in [0.29, 0.717) is 23.7 Å². The Morgan fingerprint density at radius 3 is 2.60 bits per heavy atom. The summed E-state index contributed by atoms with van der Waals surface area (Å²) in [7, 11) is 1.73. The molecule has 0 N–H and O–H groups in total. The van der Waals surface area contributed by atoms with Gasteiger partial charge in [0, 0.05) is 25.3 Å². The zero-order valence-corrected chi connectivity index (χ0v) is 13.5. The van der Waals surface area contributed by atoms with Gasteiger partial charge in [0.15, 0.2) is 0 Å². The van der Waals surface area contributed by atoms with Gasteiger partial charge in [0.05, 0.1) is 6.61 Å². The fourth-order valence-corrected chi connectivity index (χ4v) is 2.96. The molecule has 4 nitrogen and oxygen atoms in total. The number of halogens is 1. The van der Waals surface area contributed by atoms with Crippen molar-refractivity contribution in [3.63, 3.8) is 0 Å². The maximum atomic E-state index is 6.29. The molecule has 0 radical (unpaired) electrons. The molecule has 0 aliphatic heterocycles. The SMILES string of the molecule is COCCN(c1ncnc(Cl)c1C(C)C)C(C)C1CC1. The van der Waals surface area contributed by atoms with Gasteiger partial charge < -0.3 is 9.64 Å². The highest BCUT2D eigenvalue weighted by Gasteiger charge is 2.34. The van der Waals surface area contributed by atoms with Crippen molar-refractivity contribution in [2.24, 2.45) is 5.92 Å². The van der Waals surface area contributed by atoms with Gasteiger partial charge in [-0.25, -0.2) is 9.97 Å². The van der Waals surface area contributed by atoms with Crippen molar-refractivity contribution in [1.29, 1.82) is 0 Å². The third-order valence-corrected chi connectivity index (χ3v) is 4.30. The Labute approximate surface area is 126 Å². The van der Waals surface area contributed by atoms with Crippen molar-refractivity contribution >= 4 is 17.4 Å². The van der Waals surface area contributed by atoms with Gasteiger partial charge in [0.2, 0.25) is 0 Å². The summed E-state index contributed by atoms with van der Waals surface area (Å²) in [6.45, 7) is 8.06. The highest BCUT2D eigenvalue weighted by Crippen LogP contribution is 2.39. The van der Waals surface area contributed by atoms with Crippen LogP contribution < -0.4 is 4.90 Å². The zero-order valence-electron chi connectivity index (χ0n) is 12.8. The van der Waals surface area contributed by atoms with Crippen LogP contribution >= 0.6 is 11.6 Å². The molecule has 1 fully saturated rings. The number of rotatable bonds is 7. The molecule has 2 rings (SSSR count). The van der Waals surface area contributed by atoms with E-state index in [0.717, 1.165) is 23.8 Å². The Kier molecular flexibility index (Phi) is 5.22. The predicted molar refractivity (Wildman–Crippen MR) is 82.5 cm³/mol. The largest absolute Gasteiger partial charge is 0.383 e. The van der Waals surface area contributed by atoms with Gasteiger partial charge >= 0.3 is 0 Å². The van der Waals surface area contributed by atoms with Gasteiger partial charge in [-0.05, 0) is 31.6 Å². The summed E-state index contributed by atoms with van der Waals surface area (Å²) in [4.78, 5) is 11.0. The average Bonchev–Trinajstić information content (AvgIpc) is 3.22. The minimum absolute atomic E-state index is 0.301. The molecule has 112 valence electrons. The quantitative estimate of drug-likeness (QED) is 0.722. The van der Waals surface area contributed by atoms with Crippen molar-refractivity contribution in [3.05, 3.63) is 17.0 Å². The van der Waals surface area contributed by atoms with E-state index in [1.165, 1.54) is 12.8 Å². The maximum Gasteiger partial charge on any atom is 0.138 e. The van der Waals surface area contributed by atoms with E-state index in [-0.39, 0.29) is 0 Å². The molecule has 0 bridgehead atoms. The van der Waals surface area contributed by atoms with Crippen LogP contribution in [0.2, 0.25) is 5.15 Å². The van der Waals surface area contributed by atoms with E-state index < -0.39 is 0 Å². The Morgan fingerprint density at radius 2 is 2.05 bits per heavy atom. The Morgan fingerprint density at radius 1 is 1.35 bits per heavy atom. The second-order valence-corrected chi connectivity index (χ2v) is 6.18. The third-order valence-electron chi connectivity index (χ3n) is 4.00. The van der Waals surface area contributed by atoms with Crippen molar-refractivity contribution in [2.45, 2.75) is 45.6 Å². The summed E-state index contributed by atoms with van der Waals surface area (Å²) in [5, 5.41) is 0.565. The summed E-state index contributed by atoms with van der Waals surface area (Å²) >= 11 is 6.29. The van der Waals surface area contributed by atoms with Gasteiger partial charge in [0.25, 0.3) is 0 Å². The average molecular weight is 298 g/mol. The predicted octanol–water partition coefficient (Wildman–Crippen LogP) is 3.50. The molecule has 0 spiro atoms. The number of ether oxygens (including phenoxy) is 1. The van der Waals surface area contributed by atoms with Crippen molar-refractivity contribution in [1.82, 2.24) is 9.97 Å². The normalized spacial score (nSPS) is 16.5. The van der Waals surface area contributed by atoms with Crippen molar-refractivity contribution in [3.8, 4) is 0 Å². The Hall–Kier alpha value is -0.870. The molecular weight excluding hydrogens is 274 g/mol. The first-order valence-corrected chi connectivity index (χ1v) is 7.70. The minimum atomic E-state index is 0.301. The lowest BCUT2D eigenvalue weighted by Crippen LogP contribution is -2.38. The lowest BCUT2D eigenvalue weighted by Gasteiger charge is -2.32. The molecule has 1 saturated carbocycles. The van der Waals surface area contributed by atoms with Crippen LogP contribution in [0.25, 0.3) is 0 Å². The van der Waals surface area contributed by atoms with E-state index in [1.54, 1.807) is 13.4 Å². The molecule has 5 heteroatoms. The monoisotopic (exact) mass is 297 g/mol. The van der Waals surface area contributed by atoms with Gasteiger partial charge in [-0.15, -0.1) is 0 Å². The molecule has 1 aromatic heterocycles. The lowest BCUT2D eigenvalue weighted by atomic mass is 10.0. The number of aromatic nitrogens is 2. The molecule has 0 saturated heterocycles. The Bertz CT molecular complexity index is 449. The number of nitrogens with zero attached hydrogens (tertiary/aromatic N) is 3. The van der Waals surface area contributed by atoms with E-state index in [1.807, 2.05) is 0 Å². The first-order valence-electron chi connectivity index (χ1n) is 7.32. The molecule has 1 aromatic rings. The molecule has 1 aliphatic carbocycles. The standard InChI is InChI=1S/C15H24ClN3O/c1-10(2)13-14(16)17-9-18-15(13)19(7-8-20-4)11(3)12-5-6-12/h9-12H,5-8H2,1-4H3. The topological polar surface area (TPSA) is 38.2 Å². The first-order chi connectivity index (χ1) is 9.56. The van der Waals surface area contributed by atoms with E-state index >= 15 is 0 Å². The third kappa shape index (κ3) is 3.41. The molecule has 1 heterocycles. The van der Waals surface area contributed by atoms with Crippen LogP contribution in [0.5, 0.6) is 0 Å². The van der Waals surface area contributed by atoms with Crippen LogP contribution in [0.4, 0.5) is 5.82 Å². The summed E-state index contributed by atoms with van der Waals surface area (Å²) < 4.78 is 5.26. The number of methoxy groups -OCH3 is 1. The summed E-state index contributed by atoms with van der Waals surface area (Å²) in [5.41, 5.74) is 1.04. The smallest absolute Gasteiger partial charge is 0.138 e. The lowest BCUT2D eigenvalue weighted by molar-refractivity contribution is 0.202. The molecule has 1 atom stereocenters. The fraction of sp³-hybridized carbons (Fsp3) is 0.733. The van der Waals surface area contributed by atoms with E-state index in [9.17, 15) is 0 Å². The van der Waals surface area contributed by atoms with Crippen molar-refractivity contribution in [2.75, 3.05) is 25.2 Å². The second kappa shape index (κ2) is 6.72. The molecule has 0 aromatic carbocycles. The van der Waals surface area contributed by atoms with Crippen LogP contribution in [0.15, 0.2) is 6.33 Å². The van der Waals surface area contributed by atoms with Crippen LogP contribution in [-0.4, -0.2) is 36.3 Å². The highest BCUT2D eigenvalue weighted by atomic mass is 35.5. The van der Waals surface area contributed by atoms with E-state index in [2.05, 4.69) is 35.6 Å². The highest BCUT2D eigenvalue weighted by molar-refractivity contribution is 6.30. The Balaban J connectivity index is 2.34. The number of hydrogen-bond donors (Lipinski definition) is 0. The molecule has 20 heavy (non-hydrogen) atoms. The number of hydrogen-bond acceptors (Lipinski definition) is 4. The number of anilines is 1. The van der Waals surface area contributed by atoms with Gasteiger partial charge in [0.1, 0.15) is 17.3 Å². The molecule has 1 unspecified atom stereocenters. The zero-order chi connectivity index (χ0) is 14.7. The van der Waals surface area contributed by atoms with Crippen LogP contribution in [0, 0.1) is 5.92 Å². The molecule has 1 aliphatic rings. The first kappa shape index (κ1) is 15.5. The maximum absolute atomic E-state index is 6.29. The van der Waals surface area contributed by atoms with Gasteiger partial charge in [-0.3, -0.25) is 0 Å². The summed E-state index contributed by atoms with van der Waals surface area (Å²) in [6.07, 6.45) is 4.17. The fourth-order valence-electron chi connectivity index (χ4n) is 2.62.